The molecule has 2 saturated heterocycles. The van der Waals surface area contributed by atoms with Crippen molar-refractivity contribution in [1.29, 1.82) is 0 Å². The SMILES string of the molecule is CC(C)(C)OC(=O)ON1CC2CN(CCCCN3C(=O)CCC(=O)c4ccccc43)CC2C1. The maximum atomic E-state index is 12.6. The minimum atomic E-state index is -0.634. The van der Waals surface area contributed by atoms with Crippen LogP contribution in [-0.2, 0) is 14.4 Å². The quantitative estimate of drug-likeness (QED) is 0.478. The summed E-state index contributed by atoms with van der Waals surface area (Å²) >= 11 is 0. The monoisotopic (exact) mass is 457 g/mol. The van der Waals surface area contributed by atoms with Crippen LogP contribution in [0.3, 0.4) is 0 Å². The number of carbonyl (C=O) groups excluding carboxylic acids is 3. The number of unbranched alkanes of at least 4 members (excludes halogenated alkanes) is 1. The number of hydrogen-bond acceptors (Lipinski definition) is 7. The second-order valence-corrected chi connectivity index (χ2v) is 10.4. The van der Waals surface area contributed by atoms with Crippen LogP contribution >= 0.6 is 0 Å². The van der Waals surface area contributed by atoms with Gasteiger partial charge in [0.1, 0.15) is 5.60 Å². The number of fused-ring (bicyclic) bond motifs is 2. The van der Waals surface area contributed by atoms with Crippen LogP contribution < -0.4 is 4.90 Å². The highest BCUT2D eigenvalue weighted by Crippen LogP contribution is 2.32. The van der Waals surface area contributed by atoms with Crippen molar-refractivity contribution in [2.75, 3.05) is 44.2 Å². The average Bonchev–Trinajstić information content (AvgIpc) is 3.24. The number of ether oxygens (including phenoxy) is 1. The van der Waals surface area contributed by atoms with Crippen LogP contribution in [0.15, 0.2) is 24.3 Å². The zero-order chi connectivity index (χ0) is 23.6. The van der Waals surface area contributed by atoms with Crippen molar-refractivity contribution < 1.29 is 24.0 Å². The lowest BCUT2D eigenvalue weighted by Gasteiger charge is -2.24. The second-order valence-electron chi connectivity index (χ2n) is 10.4. The van der Waals surface area contributed by atoms with E-state index >= 15 is 0 Å². The van der Waals surface area contributed by atoms with E-state index in [9.17, 15) is 14.4 Å². The van der Waals surface area contributed by atoms with Crippen LogP contribution in [0.25, 0.3) is 0 Å². The molecule has 180 valence electrons. The molecule has 3 aliphatic rings. The molecule has 1 amide bonds. The Balaban J connectivity index is 1.20. The van der Waals surface area contributed by atoms with E-state index in [1.807, 2.05) is 45.0 Å². The second kappa shape index (κ2) is 9.81. The smallest absolute Gasteiger partial charge is 0.427 e. The lowest BCUT2D eigenvalue weighted by atomic mass is 10.0. The number of ketones is 1. The number of Topliss-reactive ketones (excluding diaryl/α,β-unsaturated/α-hetero) is 1. The van der Waals surface area contributed by atoms with Gasteiger partial charge in [0.2, 0.25) is 5.91 Å². The van der Waals surface area contributed by atoms with Crippen LogP contribution in [0.5, 0.6) is 0 Å². The van der Waals surface area contributed by atoms with Crippen molar-refractivity contribution in [2.24, 2.45) is 11.8 Å². The summed E-state index contributed by atoms with van der Waals surface area (Å²) in [6, 6.07) is 7.44. The number of likely N-dealkylation sites (tertiary alicyclic amines) is 1. The standard InChI is InChI=1S/C25H35N3O5/c1-25(2,3)32-24(31)33-27-16-18-14-26(15-19(18)17-27)12-6-7-13-28-21-9-5-4-8-20(21)22(29)10-11-23(28)30/h4-5,8-9,18-19H,6-7,10-17H2,1-3H3. The van der Waals surface area contributed by atoms with Gasteiger partial charge in [-0.1, -0.05) is 12.1 Å². The average molecular weight is 458 g/mol. The van der Waals surface area contributed by atoms with Gasteiger partial charge in [0, 0.05) is 51.1 Å². The lowest BCUT2D eigenvalue weighted by Crippen LogP contribution is -2.34. The predicted octanol–water partition coefficient (Wildman–Crippen LogP) is 3.51. The van der Waals surface area contributed by atoms with Crippen LogP contribution in [-0.4, -0.2) is 72.7 Å². The van der Waals surface area contributed by atoms with Crippen molar-refractivity contribution in [3.05, 3.63) is 29.8 Å². The molecule has 33 heavy (non-hydrogen) atoms. The summed E-state index contributed by atoms with van der Waals surface area (Å²) in [6.45, 7) is 10.6. The number of anilines is 1. The van der Waals surface area contributed by atoms with Crippen LogP contribution in [0.1, 0.15) is 56.8 Å². The minimum absolute atomic E-state index is 0.0362. The Labute approximate surface area is 195 Å². The summed E-state index contributed by atoms with van der Waals surface area (Å²) in [4.78, 5) is 46.5. The Hall–Kier alpha value is -2.45. The van der Waals surface area contributed by atoms with E-state index in [1.54, 1.807) is 9.96 Å². The molecule has 0 N–H and O–H groups in total. The van der Waals surface area contributed by atoms with E-state index < -0.39 is 11.8 Å². The highest BCUT2D eigenvalue weighted by atomic mass is 16.8. The number of para-hydroxylation sites is 1. The maximum absolute atomic E-state index is 12.6. The third-order valence-electron chi connectivity index (χ3n) is 6.59. The molecule has 0 radical (unpaired) electrons. The molecule has 8 nitrogen and oxygen atoms in total. The molecule has 2 atom stereocenters. The van der Waals surface area contributed by atoms with E-state index in [4.69, 9.17) is 9.57 Å². The first-order chi connectivity index (χ1) is 15.7. The van der Waals surface area contributed by atoms with Crippen LogP contribution in [0, 0.1) is 11.8 Å². The number of rotatable bonds is 6. The molecule has 2 unspecified atom stereocenters. The maximum Gasteiger partial charge on any atom is 0.528 e. The molecule has 1 aromatic rings. The molecule has 4 rings (SSSR count). The Morgan fingerprint density at radius 2 is 1.64 bits per heavy atom. The molecule has 1 aromatic carbocycles. The highest BCUT2D eigenvalue weighted by molar-refractivity contribution is 6.10. The Bertz CT molecular complexity index is 882. The highest BCUT2D eigenvalue weighted by Gasteiger charge is 2.41. The van der Waals surface area contributed by atoms with Gasteiger partial charge in [-0.2, -0.15) is 0 Å². The summed E-state index contributed by atoms with van der Waals surface area (Å²) in [5.74, 6) is 1.08. The lowest BCUT2D eigenvalue weighted by molar-refractivity contribution is -0.134. The number of hydroxylamine groups is 2. The summed E-state index contributed by atoms with van der Waals surface area (Å²) in [5.41, 5.74) is 0.860. The Kier molecular flexibility index (Phi) is 7.05. The zero-order valence-corrected chi connectivity index (χ0v) is 19.9. The number of nitrogens with zero attached hydrogens (tertiary/aromatic N) is 3. The third-order valence-corrected chi connectivity index (χ3v) is 6.59. The van der Waals surface area contributed by atoms with E-state index in [0.29, 0.717) is 23.9 Å². The van der Waals surface area contributed by atoms with Crippen LogP contribution in [0.2, 0.25) is 0 Å². The van der Waals surface area contributed by atoms with E-state index in [1.165, 1.54) is 0 Å². The van der Waals surface area contributed by atoms with Crippen molar-refractivity contribution >= 4 is 23.5 Å². The van der Waals surface area contributed by atoms with Gasteiger partial charge in [-0.3, -0.25) is 9.59 Å². The zero-order valence-electron chi connectivity index (χ0n) is 19.9. The molecule has 3 aliphatic heterocycles. The number of carbonyl (C=O) groups is 3. The molecule has 2 fully saturated rings. The molecule has 0 spiro atoms. The molecule has 0 aromatic heterocycles. The Morgan fingerprint density at radius 3 is 2.33 bits per heavy atom. The van der Waals surface area contributed by atoms with Gasteiger partial charge < -0.3 is 19.4 Å². The molecule has 0 saturated carbocycles. The largest absolute Gasteiger partial charge is 0.528 e. The van der Waals surface area contributed by atoms with Crippen molar-refractivity contribution in [2.45, 2.75) is 52.1 Å². The first-order valence-corrected chi connectivity index (χ1v) is 12.0. The summed E-state index contributed by atoms with van der Waals surface area (Å²) in [7, 11) is 0. The molecular formula is C25H35N3O5. The van der Waals surface area contributed by atoms with Gasteiger partial charge >= 0.3 is 6.16 Å². The predicted molar refractivity (Wildman–Crippen MR) is 124 cm³/mol. The molecule has 8 heteroatoms. The van der Waals surface area contributed by atoms with Gasteiger partial charge in [-0.05, 0) is 64.1 Å². The van der Waals surface area contributed by atoms with Gasteiger partial charge in [0.25, 0.3) is 0 Å². The van der Waals surface area contributed by atoms with Gasteiger partial charge in [0.15, 0.2) is 5.78 Å². The first kappa shape index (κ1) is 23.7. The van der Waals surface area contributed by atoms with Crippen molar-refractivity contribution in [3.8, 4) is 0 Å². The Morgan fingerprint density at radius 1 is 0.970 bits per heavy atom. The molecule has 0 bridgehead atoms. The molecule has 0 aliphatic carbocycles. The van der Waals surface area contributed by atoms with Crippen LogP contribution in [0.4, 0.5) is 10.5 Å². The van der Waals surface area contributed by atoms with Gasteiger partial charge in [-0.15, -0.1) is 5.06 Å². The normalized spacial score (nSPS) is 23.9. The number of hydrogen-bond donors (Lipinski definition) is 0. The van der Waals surface area contributed by atoms with Crippen molar-refractivity contribution in [1.82, 2.24) is 9.96 Å². The summed E-state index contributed by atoms with van der Waals surface area (Å²) in [6.07, 6.45) is 1.83. The van der Waals surface area contributed by atoms with Gasteiger partial charge in [-0.25, -0.2) is 4.79 Å². The topological polar surface area (TPSA) is 79.4 Å². The van der Waals surface area contributed by atoms with Crippen molar-refractivity contribution in [3.63, 3.8) is 0 Å². The van der Waals surface area contributed by atoms with Gasteiger partial charge in [0.05, 0.1) is 5.69 Å². The number of benzene rings is 1. The summed E-state index contributed by atoms with van der Waals surface area (Å²) in [5, 5.41) is 1.74. The summed E-state index contributed by atoms with van der Waals surface area (Å²) < 4.78 is 5.24. The minimum Gasteiger partial charge on any atom is -0.427 e. The van der Waals surface area contributed by atoms with E-state index in [-0.39, 0.29) is 24.5 Å². The third kappa shape index (κ3) is 5.92. The fourth-order valence-electron chi connectivity index (χ4n) is 5.10. The fraction of sp³-hybridized carbons (Fsp3) is 0.640. The van der Waals surface area contributed by atoms with E-state index in [0.717, 1.165) is 51.3 Å². The number of amides is 1. The fourth-order valence-corrected chi connectivity index (χ4v) is 5.10. The molecule has 3 heterocycles. The van der Waals surface area contributed by atoms with E-state index in [2.05, 4.69) is 4.90 Å². The molecular weight excluding hydrogens is 422 g/mol. The first-order valence-electron chi connectivity index (χ1n) is 12.0.